The number of aromatic nitrogens is 2. The highest BCUT2D eigenvalue weighted by Crippen LogP contribution is 2.30. The van der Waals surface area contributed by atoms with E-state index in [4.69, 9.17) is 11.6 Å². The molecular formula is C16H21ClN4O2. The molecule has 0 spiro atoms. The molecule has 124 valence electrons. The summed E-state index contributed by atoms with van der Waals surface area (Å²) in [6.45, 7) is 6.65. The molecule has 0 unspecified atom stereocenters. The molecule has 1 heterocycles. The van der Waals surface area contributed by atoms with Gasteiger partial charge in [0.15, 0.2) is 0 Å². The number of hydrogen-bond acceptors (Lipinski definition) is 4. The van der Waals surface area contributed by atoms with Crippen molar-refractivity contribution in [2.24, 2.45) is 7.05 Å². The second kappa shape index (κ2) is 7.00. The lowest BCUT2D eigenvalue weighted by Crippen LogP contribution is -2.06. The van der Waals surface area contributed by atoms with E-state index in [0.717, 1.165) is 36.3 Å². The van der Waals surface area contributed by atoms with Gasteiger partial charge in [0.1, 0.15) is 0 Å². The van der Waals surface area contributed by atoms with E-state index in [1.807, 2.05) is 25.6 Å². The molecule has 7 heteroatoms. The Hall–Kier alpha value is -2.08. The molecule has 23 heavy (non-hydrogen) atoms. The van der Waals surface area contributed by atoms with E-state index in [9.17, 15) is 10.1 Å². The number of anilines is 1. The van der Waals surface area contributed by atoms with E-state index in [1.165, 1.54) is 23.4 Å². The summed E-state index contributed by atoms with van der Waals surface area (Å²) in [6, 6.07) is 2.91. The maximum atomic E-state index is 10.8. The molecule has 1 aromatic carbocycles. The summed E-state index contributed by atoms with van der Waals surface area (Å²) in [5.74, 6) is 0. The molecule has 1 aromatic heterocycles. The Bertz CT molecular complexity index is 717. The molecule has 0 aliphatic heterocycles. The highest BCUT2D eigenvalue weighted by molar-refractivity contribution is 6.33. The Kier molecular flexibility index (Phi) is 5.26. The van der Waals surface area contributed by atoms with E-state index in [-0.39, 0.29) is 5.69 Å². The van der Waals surface area contributed by atoms with E-state index in [2.05, 4.69) is 17.3 Å². The molecule has 6 nitrogen and oxygen atoms in total. The first kappa shape index (κ1) is 17.3. The normalized spacial score (nSPS) is 10.8. The second-order valence-corrected chi connectivity index (χ2v) is 6.09. The first-order valence-corrected chi connectivity index (χ1v) is 7.86. The zero-order valence-electron chi connectivity index (χ0n) is 13.8. The van der Waals surface area contributed by atoms with Crippen LogP contribution in [0.15, 0.2) is 12.1 Å². The number of nitrogens with one attached hydrogen (secondary N) is 1. The highest BCUT2D eigenvalue weighted by atomic mass is 35.5. The molecular weight excluding hydrogens is 316 g/mol. The predicted molar refractivity (Wildman–Crippen MR) is 92.3 cm³/mol. The summed E-state index contributed by atoms with van der Waals surface area (Å²) in [6.07, 6.45) is 1.86. The fourth-order valence-electron chi connectivity index (χ4n) is 2.71. The first-order valence-electron chi connectivity index (χ1n) is 7.48. The van der Waals surface area contributed by atoms with Gasteiger partial charge in [-0.2, -0.15) is 5.10 Å². The van der Waals surface area contributed by atoms with Gasteiger partial charge in [-0.05, 0) is 44.7 Å². The zero-order chi connectivity index (χ0) is 17.1. The molecule has 0 aliphatic carbocycles. The zero-order valence-corrected chi connectivity index (χ0v) is 14.6. The quantitative estimate of drug-likeness (QED) is 0.492. The van der Waals surface area contributed by atoms with Gasteiger partial charge in [0, 0.05) is 31.4 Å². The van der Waals surface area contributed by atoms with Crippen molar-refractivity contribution in [1.29, 1.82) is 0 Å². The lowest BCUT2D eigenvalue weighted by atomic mass is 10.1. The van der Waals surface area contributed by atoms with Gasteiger partial charge in [0.2, 0.25) is 0 Å². The SMILES string of the molecule is Cc1cc([N+](=O)[O-])cc(Cl)c1NCCCc1c(C)nn(C)c1C. The van der Waals surface area contributed by atoms with Crippen LogP contribution in [0.2, 0.25) is 5.02 Å². The molecule has 0 aliphatic rings. The highest BCUT2D eigenvalue weighted by Gasteiger charge is 2.13. The maximum absolute atomic E-state index is 10.8. The number of rotatable bonds is 6. The minimum absolute atomic E-state index is 0.0136. The Balaban J connectivity index is 1.98. The van der Waals surface area contributed by atoms with Gasteiger partial charge in [-0.15, -0.1) is 0 Å². The fourth-order valence-corrected chi connectivity index (χ4v) is 3.04. The van der Waals surface area contributed by atoms with Gasteiger partial charge >= 0.3 is 0 Å². The average molecular weight is 337 g/mol. The van der Waals surface area contributed by atoms with Crippen LogP contribution in [-0.2, 0) is 13.5 Å². The summed E-state index contributed by atoms with van der Waals surface area (Å²) in [5.41, 5.74) is 5.08. The third kappa shape index (κ3) is 3.82. The van der Waals surface area contributed by atoms with Crippen molar-refractivity contribution < 1.29 is 4.92 Å². The summed E-state index contributed by atoms with van der Waals surface area (Å²) < 4.78 is 1.90. The monoisotopic (exact) mass is 336 g/mol. The topological polar surface area (TPSA) is 73.0 Å². The Morgan fingerprint density at radius 1 is 1.35 bits per heavy atom. The number of non-ortho nitro benzene ring substituents is 1. The third-order valence-corrected chi connectivity index (χ3v) is 4.35. The van der Waals surface area contributed by atoms with E-state index >= 15 is 0 Å². The van der Waals surface area contributed by atoms with Crippen LogP contribution in [0.4, 0.5) is 11.4 Å². The molecule has 0 atom stereocenters. The van der Waals surface area contributed by atoms with Crippen molar-refractivity contribution in [3.05, 3.63) is 49.8 Å². The van der Waals surface area contributed by atoms with Crippen LogP contribution in [0.1, 0.15) is 28.9 Å². The van der Waals surface area contributed by atoms with E-state index < -0.39 is 4.92 Å². The lowest BCUT2D eigenvalue weighted by molar-refractivity contribution is -0.384. The van der Waals surface area contributed by atoms with Crippen LogP contribution in [0, 0.1) is 30.9 Å². The smallest absolute Gasteiger partial charge is 0.271 e. The third-order valence-electron chi connectivity index (χ3n) is 4.05. The van der Waals surface area contributed by atoms with Crippen molar-refractivity contribution >= 4 is 23.0 Å². The Labute approximate surface area is 140 Å². The molecule has 2 rings (SSSR count). The van der Waals surface area contributed by atoms with Crippen LogP contribution < -0.4 is 5.32 Å². The standard InChI is InChI=1S/C16H21ClN4O2/c1-10-8-13(21(22)23)9-15(17)16(10)18-7-5-6-14-11(2)19-20(4)12(14)3/h8-9,18H,5-7H2,1-4H3. The van der Waals surface area contributed by atoms with Gasteiger partial charge < -0.3 is 5.32 Å². The Morgan fingerprint density at radius 3 is 2.57 bits per heavy atom. The molecule has 0 saturated carbocycles. The van der Waals surface area contributed by atoms with E-state index in [1.54, 1.807) is 0 Å². The van der Waals surface area contributed by atoms with Crippen LogP contribution >= 0.6 is 11.6 Å². The van der Waals surface area contributed by atoms with Gasteiger partial charge in [-0.25, -0.2) is 0 Å². The second-order valence-electron chi connectivity index (χ2n) is 5.68. The number of nitro groups is 1. The predicted octanol–water partition coefficient (Wildman–Crippen LogP) is 3.95. The molecule has 0 amide bonds. The first-order chi connectivity index (χ1) is 10.8. The van der Waals surface area contributed by atoms with Crippen LogP contribution in [0.3, 0.4) is 0 Å². The minimum atomic E-state index is -0.434. The molecule has 0 radical (unpaired) electrons. The van der Waals surface area contributed by atoms with Gasteiger partial charge in [0.05, 0.1) is 21.3 Å². The van der Waals surface area contributed by atoms with Crippen LogP contribution in [0.25, 0.3) is 0 Å². The summed E-state index contributed by atoms with van der Waals surface area (Å²) >= 11 is 6.15. The summed E-state index contributed by atoms with van der Waals surface area (Å²) in [5, 5.41) is 18.9. The number of hydrogen-bond donors (Lipinski definition) is 1. The van der Waals surface area contributed by atoms with Crippen molar-refractivity contribution in [1.82, 2.24) is 9.78 Å². The molecule has 0 fully saturated rings. The number of nitro benzene ring substituents is 1. The van der Waals surface area contributed by atoms with Crippen LogP contribution in [-0.4, -0.2) is 21.2 Å². The van der Waals surface area contributed by atoms with Crippen LogP contribution in [0.5, 0.6) is 0 Å². The van der Waals surface area contributed by atoms with Gasteiger partial charge in [0.25, 0.3) is 5.69 Å². The minimum Gasteiger partial charge on any atom is -0.384 e. The summed E-state index contributed by atoms with van der Waals surface area (Å²) in [7, 11) is 1.95. The van der Waals surface area contributed by atoms with Gasteiger partial charge in [-0.3, -0.25) is 14.8 Å². The van der Waals surface area contributed by atoms with Crippen molar-refractivity contribution in [2.75, 3.05) is 11.9 Å². The molecule has 2 aromatic rings. The number of benzene rings is 1. The maximum Gasteiger partial charge on any atom is 0.271 e. The van der Waals surface area contributed by atoms with Crippen molar-refractivity contribution in [3.8, 4) is 0 Å². The molecule has 0 bridgehead atoms. The number of aryl methyl sites for hydroxylation is 3. The Morgan fingerprint density at radius 2 is 2.04 bits per heavy atom. The average Bonchev–Trinajstić information content (AvgIpc) is 2.71. The van der Waals surface area contributed by atoms with Gasteiger partial charge in [-0.1, -0.05) is 11.6 Å². The molecule has 0 saturated heterocycles. The molecule has 1 N–H and O–H groups in total. The number of nitrogens with zero attached hydrogens (tertiary/aromatic N) is 3. The fraction of sp³-hybridized carbons (Fsp3) is 0.438. The largest absolute Gasteiger partial charge is 0.384 e. The van der Waals surface area contributed by atoms with Crippen molar-refractivity contribution in [2.45, 2.75) is 33.6 Å². The number of halogens is 1. The van der Waals surface area contributed by atoms with Crippen molar-refractivity contribution in [3.63, 3.8) is 0 Å². The summed E-state index contributed by atoms with van der Waals surface area (Å²) in [4.78, 5) is 10.4. The van der Waals surface area contributed by atoms with E-state index in [0.29, 0.717) is 5.02 Å². The lowest BCUT2D eigenvalue weighted by Gasteiger charge is -2.11.